The number of hydrogen-bond donors (Lipinski definition) is 1. The van der Waals surface area contributed by atoms with E-state index in [-0.39, 0.29) is 16.7 Å². The fourth-order valence-electron chi connectivity index (χ4n) is 1.80. The summed E-state index contributed by atoms with van der Waals surface area (Å²) in [5.74, 6) is 0.235. The Labute approximate surface area is 130 Å². The third kappa shape index (κ3) is 6.93. The Hall–Kier alpha value is -1.11. The lowest BCUT2D eigenvalue weighted by Crippen LogP contribution is -2.30. The van der Waals surface area contributed by atoms with Gasteiger partial charge in [-0.3, -0.25) is 4.79 Å². The highest BCUT2D eigenvalue weighted by atomic mass is 35.7. The molecule has 5 nitrogen and oxygen atoms in total. The van der Waals surface area contributed by atoms with Crippen molar-refractivity contribution in [1.29, 1.82) is 0 Å². The molecule has 0 heterocycles. The lowest BCUT2D eigenvalue weighted by atomic mass is 10.1. The Morgan fingerprint density at radius 2 is 1.95 bits per heavy atom. The standard InChI is InChI=1S/C14H20ClNO4S/c1-11(10-20-2)9-16-14(17)8-5-12-3-6-13(7-4-12)21(15,18)19/h3-4,6-7,11H,5,8-10H2,1-2H3,(H,16,17). The number of rotatable bonds is 8. The largest absolute Gasteiger partial charge is 0.384 e. The molecule has 0 aromatic heterocycles. The van der Waals surface area contributed by atoms with Gasteiger partial charge < -0.3 is 10.1 Å². The van der Waals surface area contributed by atoms with Crippen molar-refractivity contribution in [3.63, 3.8) is 0 Å². The summed E-state index contributed by atoms with van der Waals surface area (Å²) in [6, 6.07) is 6.21. The van der Waals surface area contributed by atoms with Crippen LogP contribution >= 0.6 is 10.7 Å². The summed E-state index contributed by atoms with van der Waals surface area (Å²) in [4.78, 5) is 11.7. The highest BCUT2D eigenvalue weighted by Crippen LogP contribution is 2.15. The van der Waals surface area contributed by atoms with E-state index < -0.39 is 9.05 Å². The second-order valence-corrected chi connectivity index (χ2v) is 7.51. The molecule has 0 aliphatic rings. The predicted molar refractivity (Wildman–Crippen MR) is 81.9 cm³/mol. The number of carbonyl (C=O) groups excluding carboxylic acids is 1. The van der Waals surface area contributed by atoms with Crippen LogP contribution < -0.4 is 5.32 Å². The summed E-state index contributed by atoms with van der Waals surface area (Å²) in [5, 5.41) is 2.84. The molecule has 0 saturated carbocycles. The molecule has 0 radical (unpaired) electrons. The zero-order valence-corrected chi connectivity index (χ0v) is 13.7. The molecule has 1 amide bonds. The van der Waals surface area contributed by atoms with Crippen LogP contribution in [-0.4, -0.2) is 34.6 Å². The van der Waals surface area contributed by atoms with E-state index in [0.717, 1.165) is 5.56 Å². The molecule has 0 spiro atoms. The molecule has 7 heteroatoms. The first-order valence-corrected chi connectivity index (χ1v) is 8.93. The van der Waals surface area contributed by atoms with Crippen molar-refractivity contribution in [2.24, 2.45) is 5.92 Å². The van der Waals surface area contributed by atoms with Crippen molar-refractivity contribution in [3.8, 4) is 0 Å². The summed E-state index contributed by atoms with van der Waals surface area (Å²) < 4.78 is 27.2. The first-order chi connectivity index (χ1) is 9.82. The number of methoxy groups -OCH3 is 1. The number of halogens is 1. The molecule has 1 aromatic rings. The number of carbonyl (C=O) groups is 1. The minimum atomic E-state index is -3.69. The van der Waals surface area contributed by atoms with E-state index in [9.17, 15) is 13.2 Å². The summed E-state index contributed by atoms with van der Waals surface area (Å²) in [5.41, 5.74) is 0.888. The number of hydrogen-bond acceptors (Lipinski definition) is 4. The molecular weight excluding hydrogens is 314 g/mol. The zero-order chi connectivity index (χ0) is 15.9. The zero-order valence-electron chi connectivity index (χ0n) is 12.1. The van der Waals surface area contributed by atoms with Crippen LogP contribution in [0.3, 0.4) is 0 Å². The second kappa shape index (κ2) is 8.36. The van der Waals surface area contributed by atoms with Crippen molar-refractivity contribution >= 4 is 25.6 Å². The second-order valence-electron chi connectivity index (χ2n) is 4.95. The number of nitrogens with one attached hydrogen (secondary N) is 1. The number of aryl methyl sites for hydroxylation is 1. The van der Waals surface area contributed by atoms with Gasteiger partial charge in [0.25, 0.3) is 9.05 Å². The normalized spacial score (nSPS) is 12.9. The third-order valence-electron chi connectivity index (χ3n) is 2.94. The average molecular weight is 334 g/mol. The van der Waals surface area contributed by atoms with Gasteiger partial charge in [0.15, 0.2) is 0 Å². The molecule has 0 fully saturated rings. The molecule has 1 aromatic carbocycles. The van der Waals surface area contributed by atoms with Gasteiger partial charge in [0.05, 0.1) is 11.5 Å². The van der Waals surface area contributed by atoms with Crippen molar-refractivity contribution in [2.75, 3.05) is 20.3 Å². The van der Waals surface area contributed by atoms with Crippen LogP contribution in [0, 0.1) is 5.92 Å². The molecule has 1 rings (SSSR count). The maximum atomic E-state index is 11.7. The van der Waals surface area contributed by atoms with Gasteiger partial charge in [-0.15, -0.1) is 0 Å². The topological polar surface area (TPSA) is 72.5 Å². The van der Waals surface area contributed by atoms with Gasteiger partial charge in [0.1, 0.15) is 0 Å². The van der Waals surface area contributed by atoms with E-state index in [2.05, 4.69) is 5.32 Å². The van der Waals surface area contributed by atoms with E-state index in [1.165, 1.54) is 12.1 Å². The predicted octanol–water partition coefficient (Wildman–Crippen LogP) is 1.95. The fraction of sp³-hybridized carbons (Fsp3) is 0.500. The van der Waals surface area contributed by atoms with E-state index in [1.54, 1.807) is 19.2 Å². The average Bonchev–Trinajstić information content (AvgIpc) is 2.43. The summed E-state index contributed by atoms with van der Waals surface area (Å²) in [6.07, 6.45) is 0.903. The van der Waals surface area contributed by atoms with Gasteiger partial charge in [-0.05, 0) is 30.0 Å². The van der Waals surface area contributed by atoms with Crippen molar-refractivity contribution in [1.82, 2.24) is 5.32 Å². The number of amides is 1. The smallest absolute Gasteiger partial charge is 0.261 e. The van der Waals surface area contributed by atoms with E-state index >= 15 is 0 Å². The van der Waals surface area contributed by atoms with Crippen LogP contribution in [0.4, 0.5) is 0 Å². The molecular formula is C14H20ClNO4S. The van der Waals surface area contributed by atoms with Crippen LogP contribution in [0.25, 0.3) is 0 Å². The molecule has 118 valence electrons. The quantitative estimate of drug-likeness (QED) is 0.738. The van der Waals surface area contributed by atoms with Gasteiger partial charge in [0.2, 0.25) is 5.91 Å². The fourth-order valence-corrected chi connectivity index (χ4v) is 2.57. The van der Waals surface area contributed by atoms with Crippen LogP contribution in [0.15, 0.2) is 29.2 Å². The van der Waals surface area contributed by atoms with Gasteiger partial charge in [-0.25, -0.2) is 8.42 Å². The van der Waals surface area contributed by atoms with Crippen LogP contribution in [-0.2, 0) is 25.0 Å². The van der Waals surface area contributed by atoms with Crippen molar-refractivity contribution < 1.29 is 17.9 Å². The molecule has 1 unspecified atom stereocenters. The highest BCUT2D eigenvalue weighted by Gasteiger charge is 2.10. The SMILES string of the molecule is COCC(C)CNC(=O)CCc1ccc(S(=O)(=O)Cl)cc1. The summed E-state index contributed by atoms with van der Waals surface area (Å²) in [7, 11) is 3.17. The van der Waals surface area contributed by atoms with Gasteiger partial charge in [-0.2, -0.15) is 0 Å². The summed E-state index contributed by atoms with van der Waals surface area (Å²) >= 11 is 0. The maximum absolute atomic E-state index is 11.7. The van der Waals surface area contributed by atoms with Crippen LogP contribution in [0.2, 0.25) is 0 Å². The van der Waals surface area contributed by atoms with Crippen LogP contribution in [0.5, 0.6) is 0 Å². The van der Waals surface area contributed by atoms with E-state index in [1.807, 2.05) is 6.92 Å². The van der Waals surface area contributed by atoms with E-state index in [4.69, 9.17) is 15.4 Å². The number of benzene rings is 1. The third-order valence-corrected chi connectivity index (χ3v) is 4.31. The van der Waals surface area contributed by atoms with Gasteiger partial charge >= 0.3 is 0 Å². The highest BCUT2D eigenvalue weighted by molar-refractivity contribution is 8.13. The first-order valence-electron chi connectivity index (χ1n) is 6.62. The molecule has 0 aliphatic heterocycles. The Morgan fingerprint density at radius 1 is 1.33 bits per heavy atom. The van der Waals surface area contributed by atoms with Crippen molar-refractivity contribution in [2.45, 2.75) is 24.7 Å². The minimum Gasteiger partial charge on any atom is -0.384 e. The lowest BCUT2D eigenvalue weighted by Gasteiger charge is -2.11. The number of ether oxygens (including phenoxy) is 1. The maximum Gasteiger partial charge on any atom is 0.261 e. The monoisotopic (exact) mass is 333 g/mol. The molecule has 21 heavy (non-hydrogen) atoms. The molecule has 0 aliphatic carbocycles. The molecule has 0 bridgehead atoms. The Kier molecular flexibility index (Phi) is 7.14. The van der Waals surface area contributed by atoms with Crippen molar-refractivity contribution in [3.05, 3.63) is 29.8 Å². The Balaban J connectivity index is 2.40. The minimum absolute atomic E-state index is 0.0352. The Bertz CT molecular complexity index is 557. The van der Waals surface area contributed by atoms with Crippen LogP contribution in [0.1, 0.15) is 18.9 Å². The van der Waals surface area contributed by atoms with E-state index in [0.29, 0.717) is 26.0 Å². The first kappa shape index (κ1) is 17.9. The van der Waals surface area contributed by atoms with Gasteiger partial charge in [-0.1, -0.05) is 19.1 Å². The molecule has 1 N–H and O–H groups in total. The molecule has 1 atom stereocenters. The molecule has 0 saturated heterocycles. The van der Waals surface area contributed by atoms with Gasteiger partial charge in [0, 0.05) is 30.8 Å². The Morgan fingerprint density at radius 3 is 2.48 bits per heavy atom. The summed E-state index contributed by atoms with van der Waals surface area (Å²) in [6.45, 7) is 3.18. The lowest BCUT2D eigenvalue weighted by molar-refractivity contribution is -0.121.